The molecule has 1 saturated heterocycles. The molecule has 0 unspecified atom stereocenters. The zero-order chi connectivity index (χ0) is 35.5. The highest BCUT2D eigenvalue weighted by Gasteiger charge is 2.51. The Hall–Kier alpha value is -4.08. The predicted molar refractivity (Wildman–Crippen MR) is 202 cm³/mol. The maximum Gasteiger partial charge on any atom is 0.315 e. The average molecular weight is 701 g/mol. The van der Waals surface area contributed by atoms with Crippen LogP contribution in [-0.4, -0.2) is 52.8 Å². The Kier molecular flexibility index (Phi) is 10.4. The minimum Gasteiger partial charge on any atom is -0.392 e. The molecule has 3 atom stereocenters. The van der Waals surface area contributed by atoms with Gasteiger partial charge in [0.25, 0.3) is 0 Å². The van der Waals surface area contributed by atoms with Gasteiger partial charge >= 0.3 is 6.03 Å². The normalized spacial score (nSPS) is 27.8. The molecule has 1 aromatic heterocycles. The SMILES string of the molecule is CN(CCc1ccccn1)C[C@H]1C[C@@H](c2ccc(CO)cc2)O[C@@H](c2ccc(-c3ccccc3CNC(=O)NC34CC5CC(CC(C5)C3)C4)cc2)O1. The molecule has 8 nitrogen and oxygen atoms in total. The number of carbonyl (C=O) groups excluding carboxylic acids is 1. The second-order valence-corrected chi connectivity index (χ2v) is 16.0. The van der Waals surface area contributed by atoms with E-state index in [1.165, 1.54) is 19.3 Å². The average Bonchev–Trinajstić information content (AvgIpc) is 3.16. The molecule has 4 aromatic rings. The third kappa shape index (κ3) is 8.11. The summed E-state index contributed by atoms with van der Waals surface area (Å²) < 4.78 is 13.3. The van der Waals surface area contributed by atoms with Gasteiger partial charge in [-0.2, -0.15) is 0 Å². The fourth-order valence-electron chi connectivity index (χ4n) is 9.82. The van der Waals surface area contributed by atoms with Gasteiger partial charge in [0, 0.05) is 55.5 Å². The van der Waals surface area contributed by atoms with Gasteiger partial charge in [0.15, 0.2) is 6.29 Å². The van der Waals surface area contributed by atoms with Crippen molar-refractivity contribution < 1.29 is 19.4 Å². The lowest BCUT2D eigenvalue weighted by atomic mass is 9.53. The number of urea groups is 1. The molecule has 2 amide bonds. The van der Waals surface area contributed by atoms with Crippen molar-refractivity contribution in [2.24, 2.45) is 17.8 Å². The molecule has 8 heteroatoms. The Morgan fingerprint density at radius 3 is 2.23 bits per heavy atom. The molecule has 0 radical (unpaired) electrons. The van der Waals surface area contributed by atoms with E-state index < -0.39 is 6.29 Å². The van der Waals surface area contributed by atoms with Crippen LogP contribution in [0.5, 0.6) is 0 Å². The molecule has 4 aliphatic carbocycles. The van der Waals surface area contributed by atoms with Crippen LogP contribution >= 0.6 is 0 Å². The third-order valence-electron chi connectivity index (χ3n) is 12.0. The van der Waals surface area contributed by atoms with Crippen LogP contribution in [-0.2, 0) is 29.0 Å². The molecule has 1 aliphatic heterocycles. The number of aliphatic hydroxyl groups is 1. The van der Waals surface area contributed by atoms with Gasteiger partial charge < -0.3 is 30.1 Å². The first-order valence-electron chi connectivity index (χ1n) is 19.2. The summed E-state index contributed by atoms with van der Waals surface area (Å²) >= 11 is 0. The van der Waals surface area contributed by atoms with Crippen LogP contribution in [0.3, 0.4) is 0 Å². The number of rotatable bonds is 12. The Morgan fingerprint density at radius 2 is 1.54 bits per heavy atom. The lowest BCUT2D eigenvalue weighted by Gasteiger charge is -2.56. The predicted octanol–water partition coefficient (Wildman–Crippen LogP) is 7.73. The molecule has 9 rings (SSSR count). The highest BCUT2D eigenvalue weighted by Crippen LogP contribution is 2.55. The van der Waals surface area contributed by atoms with Crippen molar-refractivity contribution in [3.05, 3.63) is 125 Å². The molecule has 272 valence electrons. The maximum atomic E-state index is 13.3. The van der Waals surface area contributed by atoms with Crippen LogP contribution in [0.15, 0.2) is 97.2 Å². The van der Waals surface area contributed by atoms with Crippen molar-refractivity contribution in [3.8, 4) is 11.1 Å². The van der Waals surface area contributed by atoms with Crippen LogP contribution in [0, 0.1) is 17.8 Å². The van der Waals surface area contributed by atoms with Crippen molar-refractivity contribution in [1.29, 1.82) is 0 Å². The van der Waals surface area contributed by atoms with E-state index in [-0.39, 0.29) is 30.4 Å². The molecule has 4 saturated carbocycles. The van der Waals surface area contributed by atoms with E-state index in [1.807, 2.05) is 36.5 Å². The Bertz CT molecular complexity index is 1760. The second kappa shape index (κ2) is 15.5. The molecule has 5 aliphatic rings. The van der Waals surface area contributed by atoms with Gasteiger partial charge in [-0.1, -0.05) is 78.9 Å². The number of aliphatic hydroxyl groups excluding tert-OH is 1. The number of hydrogen-bond acceptors (Lipinski definition) is 6. The summed E-state index contributed by atoms with van der Waals surface area (Å²) in [5.74, 6) is 2.37. The lowest BCUT2D eigenvalue weighted by Crippen LogP contribution is -2.61. The van der Waals surface area contributed by atoms with E-state index in [0.717, 1.165) is 102 Å². The molecule has 2 heterocycles. The monoisotopic (exact) mass is 700 g/mol. The summed E-state index contributed by atoms with van der Waals surface area (Å²) in [4.78, 5) is 20.1. The van der Waals surface area contributed by atoms with Crippen LogP contribution in [0.2, 0.25) is 0 Å². The van der Waals surface area contributed by atoms with Gasteiger partial charge in [0.1, 0.15) is 0 Å². The fraction of sp³-hybridized carbons (Fsp3) is 0.455. The van der Waals surface area contributed by atoms with E-state index >= 15 is 0 Å². The van der Waals surface area contributed by atoms with Crippen LogP contribution in [0.1, 0.15) is 85.3 Å². The molecule has 3 aromatic carbocycles. The minimum atomic E-state index is -0.523. The summed E-state index contributed by atoms with van der Waals surface area (Å²) in [5.41, 5.74) is 7.27. The van der Waals surface area contributed by atoms with Crippen LogP contribution < -0.4 is 10.6 Å². The highest BCUT2D eigenvalue weighted by molar-refractivity contribution is 5.76. The first kappa shape index (κ1) is 35.0. The minimum absolute atomic E-state index is 0.00655. The van der Waals surface area contributed by atoms with E-state index in [2.05, 4.69) is 88.2 Å². The van der Waals surface area contributed by atoms with E-state index in [9.17, 15) is 9.90 Å². The van der Waals surface area contributed by atoms with Gasteiger partial charge in [0.05, 0.1) is 18.8 Å². The number of amides is 2. The topological polar surface area (TPSA) is 96.0 Å². The molecule has 4 bridgehead atoms. The molecular formula is C44H52N4O4. The molecule has 0 spiro atoms. The van der Waals surface area contributed by atoms with Gasteiger partial charge in [-0.15, -0.1) is 0 Å². The molecular weight excluding hydrogens is 649 g/mol. The largest absolute Gasteiger partial charge is 0.392 e. The smallest absolute Gasteiger partial charge is 0.315 e. The Morgan fingerprint density at radius 1 is 0.846 bits per heavy atom. The fourth-order valence-corrected chi connectivity index (χ4v) is 9.82. The standard InChI is InChI=1S/C44H52N4O4/c1-48(19-17-38-7-4-5-18-45-38)28-39-23-41(35-11-9-30(29-49)10-12-35)52-42(51-39)36-15-13-34(14-16-36)40-8-3-2-6-37(40)27-46-43(50)47-44-24-31-20-32(25-44)22-33(21-31)26-44/h2-16,18,31-33,39,41-42,49H,17,19-29H2,1H3,(H2,46,47,50)/t31?,32?,33?,39-,41+,42+,44?/m1/s1. The van der Waals surface area contributed by atoms with E-state index in [0.29, 0.717) is 6.54 Å². The van der Waals surface area contributed by atoms with Gasteiger partial charge in [-0.25, -0.2) is 4.79 Å². The highest BCUT2D eigenvalue weighted by atomic mass is 16.7. The number of ether oxygens (including phenoxy) is 2. The number of hydrogen-bond donors (Lipinski definition) is 3. The zero-order valence-electron chi connectivity index (χ0n) is 30.3. The van der Waals surface area contributed by atoms with Crippen molar-refractivity contribution in [2.45, 2.75) is 88.6 Å². The lowest BCUT2D eigenvalue weighted by molar-refractivity contribution is -0.252. The number of aromatic nitrogens is 1. The summed E-state index contributed by atoms with van der Waals surface area (Å²) in [6, 6.07) is 30.8. The van der Waals surface area contributed by atoms with Crippen molar-refractivity contribution in [3.63, 3.8) is 0 Å². The maximum absolute atomic E-state index is 13.3. The number of carbonyl (C=O) groups is 1. The van der Waals surface area contributed by atoms with E-state index in [4.69, 9.17) is 9.47 Å². The molecule has 52 heavy (non-hydrogen) atoms. The molecule has 3 N–H and O–H groups in total. The summed E-state index contributed by atoms with van der Waals surface area (Å²) in [5, 5.41) is 16.3. The third-order valence-corrected chi connectivity index (χ3v) is 12.0. The van der Waals surface area contributed by atoms with Gasteiger partial charge in [-0.3, -0.25) is 4.98 Å². The van der Waals surface area contributed by atoms with Crippen molar-refractivity contribution in [1.82, 2.24) is 20.5 Å². The second-order valence-electron chi connectivity index (χ2n) is 16.0. The zero-order valence-corrected chi connectivity index (χ0v) is 30.3. The van der Waals surface area contributed by atoms with Crippen molar-refractivity contribution >= 4 is 6.03 Å². The molecule has 5 fully saturated rings. The van der Waals surface area contributed by atoms with Gasteiger partial charge in [-0.05, 0) is 103 Å². The first-order valence-corrected chi connectivity index (χ1v) is 19.2. The Labute approximate surface area is 308 Å². The quantitative estimate of drug-likeness (QED) is 0.140. The summed E-state index contributed by atoms with van der Waals surface area (Å²) in [6.07, 6.45) is 10.3. The van der Waals surface area contributed by atoms with Crippen LogP contribution in [0.4, 0.5) is 4.79 Å². The summed E-state index contributed by atoms with van der Waals surface area (Å²) in [6.45, 7) is 2.14. The van der Waals surface area contributed by atoms with Crippen LogP contribution in [0.25, 0.3) is 11.1 Å². The number of likely N-dealkylation sites (N-methyl/N-ethyl adjacent to an activating group) is 1. The number of pyridine rings is 1. The Balaban J connectivity index is 0.935. The number of benzene rings is 3. The number of nitrogens with one attached hydrogen (secondary N) is 2. The first-order chi connectivity index (χ1) is 25.4. The van der Waals surface area contributed by atoms with Crippen molar-refractivity contribution in [2.75, 3.05) is 20.1 Å². The van der Waals surface area contributed by atoms with E-state index in [1.54, 1.807) is 0 Å². The van der Waals surface area contributed by atoms with Gasteiger partial charge in [0.2, 0.25) is 0 Å². The number of nitrogens with zero attached hydrogens (tertiary/aromatic N) is 2. The summed E-state index contributed by atoms with van der Waals surface area (Å²) in [7, 11) is 2.13.